The van der Waals surface area contributed by atoms with E-state index in [0.29, 0.717) is 12.5 Å². The van der Waals surface area contributed by atoms with Crippen LogP contribution in [0.25, 0.3) is 0 Å². The Labute approximate surface area is 78.3 Å². The second kappa shape index (κ2) is 5.18. The summed E-state index contributed by atoms with van der Waals surface area (Å²) >= 11 is 5.56. The van der Waals surface area contributed by atoms with Crippen molar-refractivity contribution in [2.75, 3.05) is 5.88 Å². The molecule has 0 saturated carbocycles. The molecule has 0 aliphatic carbocycles. The lowest BCUT2D eigenvalue weighted by molar-refractivity contribution is 0.144. The van der Waals surface area contributed by atoms with E-state index < -0.39 is 0 Å². The normalized spacial score (nSPS) is 10.6. The Morgan fingerprint density at radius 1 is 1.33 bits per heavy atom. The lowest BCUT2D eigenvalue weighted by Gasteiger charge is -2.07. The first-order chi connectivity index (χ1) is 5.83. The highest BCUT2D eigenvalue weighted by Gasteiger charge is 2.00. The number of hydrogen-bond donors (Lipinski definition) is 0. The van der Waals surface area contributed by atoms with Crippen molar-refractivity contribution in [3.05, 3.63) is 42.0 Å². The van der Waals surface area contributed by atoms with Gasteiger partial charge in [0.25, 0.3) is 0 Å². The fourth-order valence-electron chi connectivity index (χ4n) is 0.819. The van der Waals surface area contributed by atoms with E-state index in [1.165, 1.54) is 5.56 Å². The first-order valence-corrected chi connectivity index (χ1v) is 4.41. The number of ether oxygens (including phenoxy) is 1. The maximum absolute atomic E-state index is 5.56. The van der Waals surface area contributed by atoms with Crippen molar-refractivity contribution < 1.29 is 4.74 Å². The van der Waals surface area contributed by atoms with Crippen LogP contribution >= 0.6 is 11.6 Å². The van der Waals surface area contributed by atoms with Crippen molar-refractivity contribution >= 4 is 11.6 Å². The van der Waals surface area contributed by atoms with Gasteiger partial charge >= 0.3 is 0 Å². The summed E-state index contributed by atoms with van der Waals surface area (Å²) in [5.41, 5.74) is 1.17. The predicted molar refractivity (Wildman–Crippen MR) is 50.9 cm³/mol. The quantitative estimate of drug-likeness (QED) is 0.653. The molecule has 0 amide bonds. The van der Waals surface area contributed by atoms with Gasteiger partial charge in [-0.25, -0.2) is 0 Å². The molecule has 0 fully saturated rings. The lowest BCUT2D eigenvalue weighted by Crippen LogP contribution is -2.00. The van der Waals surface area contributed by atoms with E-state index in [9.17, 15) is 0 Å². The highest BCUT2D eigenvalue weighted by atomic mass is 35.5. The minimum atomic E-state index is 0.465. The third-order valence-electron chi connectivity index (χ3n) is 1.52. The third-order valence-corrected chi connectivity index (χ3v) is 1.89. The SMILES string of the molecule is C[C](CCl)OCc1ccccc1. The van der Waals surface area contributed by atoms with Crippen molar-refractivity contribution in [3.63, 3.8) is 0 Å². The van der Waals surface area contributed by atoms with Gasteiger partial charge in [-0.3, -0.25) is 0 Å². The van der Waals surface area contributed by atoms with Gasteiger partial charge in [0.1, 0.15) is 6.10 Å². The molecule has 0 aromatic heterocycles. The largest absolute Gasteiger partial charge is 0.366 e. The Bertz CT molecular complexity index is 210. The van der Waals surface area contributed by atoms with Crippen LogP contribution in [0.1, 0.15) is 12.5 Å². The van der Waals surface area contributed by atoms with Gasteiger partial charge in [-0.2, -0.15) is 0 Å². The van der Waals surface area contributed by atoms with Gasteiger partial charge in [0, 0.05) is 0 Å². The van der Waals surface area contributed by atoms with E-state index in [0.717, 1.165) is 6.10 Å². The van der Waals surface area contributed by atoms with E-state index >= 15 is 0 Å². The standard InChI is InChI=1S/C10H12ClO/c1-9(7-11)12-8-10-5-3-2-4-6-10/h2-6H,7-8H2,1H3. The van der Waals surface area contributed by atoms with Crippen molar-refractivity contribution in [3.8, 4) is 0 Å². The molecule has 1 aromatic rings. The van der Waals surface area contributed by atoms with E-state index in [4.69, 9.17) is 16.3 Å². The van der Waals surface area contributed by atoms with Crippen LogP contribution in [-0.4, -0.2) is 5.88 Å². The molecular formula is C10H12ClO. The number of alkyl halides is 1. The molecule has 1 radical (unpaired) electrons. The molecule has 0 saturated heterocycles. The zero-order valence-electron chi connectivity index (χ0n) is 7.09. The molecule has 1 nitrogen and oxygen atoms in total. The second-order valence-corrected chi connectivity index (χ2v) is 2.88. The van der Waals surface area contributed by atoms with Crippen LogP contribution in [0.5, 0.6) is 0 Å². The summed E-state index contributed by atoms with van der Waals surface area (Å²) in [4.78, 5) is 0. The molecule has 0 unspecified atom stereocenters. The Hall–Kier alpha value is -0.530. The van der Waals surface area contributed by atoms with Crippen LogP contribution in [-0.2, 0) is 11.3 Å². The fourth-order valence-corrected chi connectivity index (χ4v) is 0.896. The maximum atomic E-state index is 5.56. The molecule has 0 heterocycles. The van der Waals surface area contributed by atoms with E-state index in [1.54, 1.807) is 0 Å². The van der Waals surface area contributed by atoms with Crippen molar-refractivity contribution in [2.24, 2.45) is 0 Å². The number of rotatable bonds is 4. The van der Waals surface area contributed by atoms with Crippen molar-refractivity contribution in [1.29, 1.82) is 0 Å². The summed E-state index contributed by atoms with van der Waals surface area (Å²) in [5.74, 6) is 0.465. The minimum Gasteiger partial charge on any atom is -0.366 e. The summed E-state index contributed by atoms with van der Waals surface area (Å²) in [6.07, 6.45) is 0.862. The third kappa shape index (κ3) is 3.24. The van der Waals surface area contributed by atoms with Crippen molar-refractivity contribution in [2.45, 2.75) is 13.5 Å². The molecule has 0 atom stereocenters. The zero-order valence-corrected chi connectivity index (χ0v) is 7.84. The molecule has 65 valence electrons. The monoisotopic (exact) mass is 183 g/mol. The highest BCUT2D eigenvalue weighted by Crippen LogP contribution is 2.08. The molecule has 2 heteroatoms. The van der Waals surface area contributed by atoms with Crippen LogP contribution in [0.2, 0.25) is 0 Å². The average molecular weight is 184 g/mol. The summed E-state index contributed by atoms with van der Waals surface area (Å²) in [5, 5.41) is 0. The van der Waals surface area contributed by atoms with E-state index in [-0.39, 0.29) is 0 Å². The molecule has 1 aromatic carbocycles. The number of hydrogen-bond acceptors (Lipinski definition) is 1. The van der Waals surface area contributed by atoms with Crippen LogP contribution < -0.4 is 0 Å². The van der Waals surface area contributed by atoms with Gasteiger partial charge in [0.15, 0.2) is 0 Å². The first kappa shape index (κ1) is 9.56. The smallest absolute Gasteiger partial charge is 0.109 e. The molecule has 12 heavy (non-hydrogen) atoms. The Kier molecular flexibility index (Phi) is 4.12. The lowest BCUT2D eigenvalue weighted by atomic mass is 10.2. The van der Waals surface area contributed by atoms with E-state index in [2.05, 4.69) is 0 Å². The topological polar surface area (TPSA) is 9.23 Å². The molecule has 1 rings (SSSR count). The number of halogens is 1. The Balaban J connectivity index is 2.33. The number of benzene rings is 1. The Morgan fingerprint density at radius 3 is 2.58 bits per heavy atom. The van der Waals surface area contributed by atoms with Crippen LogP contribution in [0.15, 0.2) is 30.3 Å². The zero-order chi connectivity index (χ0) is 8.81. The maximum Gasteiger partial charge on any atom is 0.109 e. The molecule has 0 aliphatic heterocycles. The van der Waals surface area contributed by atoms with Gasteiger partial charge < -0.3 is 4.74 Å². The summed E-state index contributed by atoms with van der Waals surface area (Å²) in [7, 11) is 0. The van der Waals surface area contributed by atoms with Gasteiger partial charge in [0.2, 0.25) is 0 Å². The summed E-state index contributed by atoms with van der Waals surface area (Å²) < 4.78 is 5.36. The summed E-state index contributed by atoms with van der Waals surface area (Å²) in [6.45, 7) is 2.50. The predicted octanol–water partition coefficient (Wildman–Crippen LogP) is 2.99. The van der Waals surface area contributed by atoms with Gasteiger partial charge in [0.05, 0.1) is 12.5 Å². The molecule has 0 N–H and O–H groups in total. The van der Waals surface area contributed by atoms with Gasteiger partial charge in [-0.15, -0.1) is 11.6 Å². The summed E-state index contributed by atoms with van der Waals surface area (Å²) in [6, 6.07) is 10.0. The van der Waals surface area contributed by atoms with Crippen LogP contribution in [0.3, 0.4) is 0 Å². The van der Waals surface area contributed by atoms with Gasteiger partial charge in [-0.1, -0.05) is 30.3 Å². The molecule has 0 bridgehead atoms. The first-order valence-electron chi connectivity index (χ1n) is 3.88. The Morgan fingerprint density at radius 2 is 2.00 bits per heavy atom. The average Bonchev–Trinajstić information content (AvgIpc) is 2.16. The van der Waals surface area contributed by atoms with Crippen molar-refractivity contribution in [1.82, 2.24) is 0 Å². The fraction of sp³-hybridized carbons (Fsp3) is 0.300. The van der Waals surface area contributed by atoms with Crippen LogP contribution in [0, 0.1) is 6.10 Å². The highest BCUT2D eigenvalue weighted by molar-refractivity contribution is 6.18. The van der Waals surface area contributed by atoms with E-state index in [1.807, 2.05) is 37.3 Å². The minimum absolute atomic E-state index is 0.465. The molecule has 0 aliphatic rings. The second-order valence-electron chi connectivity index (χ2n) is 2.61. The molecule has 0 spiro atoms. The molecular weight excluding hydrogens is 172 g/mol. The van der Waals surface area contributed by atoms with Crippen LogP contribution in [0.4, 0.5) is 0 Å². The van der Waals surface area contributed by atoms with Gasteiger partial charge in [-0.05, 0) is 12.5 Å².